The van der Waals surface area contributed by atoms with Crippen LogP contribution >= 0.6 is 0 Å². The molecular weight excluding hydrogens is 244 g/mol. The van der Waals surface area contributed by atoms with Gasteiger partial charge in [-0.25, -0.2) is 0 Å². The van der Waals surface area contributed by atoms with E-state index in [0.717, 1.165) is 24.4 Å². The monoisotopic (exact) mass is 280 g/mol. The van der Waals surface area contributed by atoms with E-state index in [9.17, 15) is 0 Å². The Labute approximate surface area is 126 Å². The van der Waals surface area contributed by atoms with Gasteiger partial charge in [0.25, 0.3) is 0 Å². The molecule has 2 fully saturated rings. The SMILES string of the molecule is CCCCO[C@@H]1CCC[C@@H](C2CCC(CCC)CC2)C1. The van der Waals surface area contributed by atoms with Gasteiger partial charge >= 0.3 is 0 Å². The van der Waals surface area contributed by atoms with Gasteiger partial charge in [-0.05, 0) is 56.3 Å². The second-order valence-corrected chi connectivity index (χ2v) is 7.34. The summed E-state index contributed by atoms with van der Waals surface area (Å²) in [7, 11) is 0. The molecule has 0 N–H and O–H groups in total. The molecular formula is C19H36O. The van der Waals surface area contributed by atoms with Crippen molar-refractivity contribution in [2.75, 3.05) is 6.61 Å². The van der Waals surface area contributed by atoms with E-state index in [4.69, 9.17) is 4.74 Å². The molecule has 0 spiro atoms. The lowest BCUT2D eigenvalue weighted by Gasteiger charge is -2.38. The van der Waals surface area contributed by atoms with Crippen LogP contribution in [0.1, 0.15) is 90.9 Å². The average Bonchev–Trinajstić information content (AvgIpc) is 2.49. The third-order valence-electron chi connectivity index (χ3n) is 5.77. The fraction of sp³-hybridized carbons (Fsp3) is 1.00. The minimum atomic E-state index is 0.591. The van der Waals surface area contributed by atoms with Gasteiger partial charge in [0, 0.05) is 6.61 Å². The molecule has 1 nitrogen and oxygen atoms in total. The van der Waals surface area contributed by atoms with Crippen LogP contribution < -0.4 is 0 Å². The van der Waals surface area contributed by atoms with E-state index in [1.165, 1.54) is 77.0 Å². The second kappa shape index (κ2) is 9.07. The number of unbranched alkanes of at least 4 members (excludes halogenated alkanes) is 1. The molecule has 2 atom stereocenters. The Morgan fingerprint density at radius 3 is 2.35 bits per heavy atom. The molecule has 0 aromatic carbocycles. The largest absolute Gasteiger partial charge is 0.378 e. The molecule has 0 unspecified atom stereocenters. The minimum Gasteiger partial charge on any atom is -0.378 e. The van der Waals surface area contributed by atoms with E-state index in [0.29, 0.717) is 6.10 Å². The first-order valence-corrected chi connectivity index (χ1v) is 9.45. The van der Waals surface area contributed by atoms with E-state index in [1.807, 2.05) is 0 Å². The molecule has 2 aliphatic carbocycles. The van der Waals surface area contributed by atoms with E-state index in [2.05, 4.69) is 13.8 Å². The Kier molecular flexibility index (Phi) is 7.41. The van der Waals surface area contributed by atoms with Crippen molar-refractivity contribution in [2.24, 2.45) is 17.8 Å². The zero-order valence-electron chi connectivity index (χ0n) is 13.9. The zero-order chi connectivity index (χ0) is 14.2. The van der Waals surface area contributed by atoms with Gasteiger partial charge in [0.1, 0.15) is 0 Å². The Bertz CT molecular complexity index is 242. The molecule has 0 heterocycles. The molecule has 2 rings (SSSR count). The molecule has 0 aromatic rings. The van der Waals surface area contributed by atoms with Crippen LogP contribution in [0.3, 0.4) is 0 Å². The fourth-order valence-electron chi connectivity index (χ4n) is 4.51. The quantitative estimate of drug-likeness (QED) is 0.522. The molecule has 0 saturated heterocycles. The molecule has 0 bridgehead atoms. The topological polar surface area (TPSA) is 9.23 Å². The predicted octanol–water partition coefficient (Wildman–Crippen LogP) is 5.97. The van der Waals surface area contributed by atoms with Crippen LogP contribution in [-0.2, 0) is 4.74 Å². The summed E-state index contributed by atoms with van der Waals surface area (Å²) >= 11 is 0. The van der Waals surface area contributed by atoms with Crippen molar-refractivity contribution in [3.63, 3.8) is 0 Å². The Hall–Kier alpha value is -0.0400. The van der Waals surface area contributed by atoms with Crippen LogP contribution in [0.4, 0.5) is 0 Å². The Morgan fingerprint density at radius 1 is 0.850 bits per heavy atom. The molecule has 0 aliphatic heterocycles. The predicted molar refractivity (Wildman–Crippen MR) is 87.0 cm³/mol. The van der Waals surface area contributed by atoms with Gasteiger partial charge in [0.15, 0.2) is 0 Å². The lowest BCUT2D eigenvalue weighted by atomic mass is 9.70. The molecule has 0 amide bonds. The molecule has 0 radical (unpaired) electrons. The van der Waals surface area contributed by atoms with Crippen molar-refractivity contribution in [2.45, 2.75) is 97.0 Å². The summed E-state index contributed by atoms with van der Waals surface area (Å²) in [6.45, 7) is 5.59. The van der Waals surface area contributed by atoms with Crippen LogP contribution in [0.25, 0.3) is 0 Å². The van der Waals surface area contributed by atoms with E-state index >= 15 is 0 Å². The highest BCUT2D eigenvalue weighted by Crippen LogP contribution is 2.41. The van der Waals surface area contributed by atoms with Crippen LogP contribution in [0.15, 0.2) is 0 Å². The number of rotatable bonds is 7. The van der Waals surface area contributed by atoms with E-state index in [1.54, 1.807) is 0 Å². The first-order chi connectivity index (χ1) is 9.83. The zero-order valence-corrected chi connectivity index (χ0v) is 13.9. The average molecular weight is 280 g/mol. The summed E-state index contributed by atoms with van der Waals surface area (Å²) < 4.78 is 6.10. The number of hydrogen-bond acceptors (Lipinski definition) is 1. The molecule has 2 saturated carbocycles. The van der Waals surface area contributed by atoms with Gasteiger partial charge < -0.3 is 4.74 Å². The molecule has 118 valence electrons. The number of hydrogen-bond donors (Lipinski definition) is 0. The first kappa shape index (κ1) is 16.3. The smallest absolute Gasteiger partial charge is 0.0577 e. The minimum absolute atomic E-state index is 0.591. The van der Waals surface area contributed by atoms with Crippen LogP contribution in [0, 0.1) is 17.8 Å². The molecule has 1 heteroatoms. The third-order valence-corrected chi connectivity index (χ3v) is 5.77. The lowest BCUT2D eigenvalue weighted by molar-refractivity contribution is -0.00321. The molecule has 0 aromatic heterocycles. The molecule has 2 aliphatic rings. The highest BCUT2D eigenvalue weighted by molar-refractivity contribution is 4.82. The van der Waals surface area contributed by atoms with Crippen molar-refractivity contribution in [1.82, 2.24) is 0 Å². The van der Waals surface area contributed by atoms with Crippen molar-refractivity contribution in [3.8, 4) is 0 Å². The Balaban J connectivity index is 1.70. The maximum atomic E-state index is 6.10. The maximum absolute atomic E-state index is 6.10. The summed E-state index contributed by atoms with van der Waals surface area (Å²) in [6.07, 6.45) is 17.6. The summed E-state index contributed by atoms with van der Waals surface area (Å²) in [4.78, 5) is 0. The highest BCUT2D eigenvalue weighted by atomic mass is 16.5. The van der Waals surface area contributed by atoms with Gasteiger partial charge in [-0.1, -0.05) is 52.4 Å². The van der Waals surface area contributed by atoms with Gasteiger partial charge in [-0.15, -0.1) is 0 Å². The third kappa shape index (κ3) is 5.06. The van der Waals surface area contributed by atoms with Crippen LogP contribution in [0.5, 0.6) is 0 Å². The lowest BCUT2D eigenvalue weighted by Crippen LogP contribution is -2.30. The number of ether oxygens (including phenoxy) is 1. The standard InChI is InChI=1S/C19H36O/c1-3-5-14-20-19-9-6-8-18(15-19)17-12-10-16(7-4-2)11-13-17/h16-19H,3-15H2,1-2H3/t16?,17?,18-,19-/m1/s1. The van der Waals surface area contributed by atoms with E-state index in [-0.39, 0.29) is 0 Å². The normalized spacial score (nSPS) is 35.1. The molecule has 20 heavy (non-hydrogen) atoms. The summed E-state index contributed by atoms with van der Waals surface area (Å²) in [5.74, 6) is 3.06. The Morgan fingerprint density at radius 2 is 1.65 bits per heavy atom. The van der Waals surface area contributed by atoms with Gasteiger partial charge in [-0.3, -0.25) is 0 Å². The maximum Gasteiger partial charge on any atom is 0.0577 e. The van der Waals surface area contributed by atoms with Crippen molar-refractivity contribution in [3.05, 3.63) is 0 Å². The van der Waals surface area contributed by atoms with E-state index < -0.39 is 0 Å². The van der Waals surface area contributed by atoms with Crippen LogP contribution in [0.2, 0.25) is 0 Å². The highest BCUT2D eigenvalue weighted by Gasteiger charge is 2.31. The van der Waals surface area contributed by atoms with Crippen molar-refractivity contribution < 1.29 is 4.74 Å². The summed E-state index contributed by atoms with van der Waals surface area (Å²) in [6, 6.07) is 0. The first-order valence-electron chi connectivity index (χ1n) is 9.45. The van der Waals surface area contributed by atoms with Gasteiger partial charge in [0.05, 0.1) is 6.10 Å². The summed E-state index contributed by atoms with van der Waals surface area (Å²) in [5.41, 5.74) is 0. The van der Waals surface area contributed by atoms with Crippen molar-refractivity contribution >= 4 is 0 Å². The van der Waals surface area contributed by atoms with Crippen LogP contribution in [-0.4, -0.2) is 12.7 Å². The van der Waals surface area contributed by atoms with Crippen molar-refractivity contribution in [1.29, 1.82) is 0 Å². The fourth-order valence-corrected chi connectivity index (χ4v) is 4.51. The van der Waals surface area contributed by atoms with Gasteiger partial charge in [-0.2, -0.15) is 0 Å². The van der Waals surface area contributed by atoms with Gasteiger partial charge in [0.2, 0.25) is 0 Å². The second-order valence-electron chi connectivity index (χ2n) is 7.34. The summed E-state index contributed by atoms with van der Waals surface area (Å²) in [5, 5.41) is 0.